The van der Waals surface area contributed by atoms with Crippen LogP contribution in [0.5, 0.6) is 0 Å². The van der Waals surface area contributed by atoms with Gasteiger partial charge in [0.2, 0.25) is 0 Å². The zero-order valence-electron chi connectivity index (χ0n) is 10.0. The van der Waals surface area contributed by atoms with Crippen molar-refractivity contribution in [2.45, 2.75) is 32.7 Å². The summed E-state index contributed by atoms with van der Waals surface area (Å²) in [5.74, 6) is 0.945. The molecule has 0 saturated carbocycles. The lowest BCUT2D eigenvalue weighted by molar-refractivity contribution is 0.700. The number of hydrogen-bond donors (Lipinski definition) is 1. The minimum Gasteiger partial charge on any atom is -0.360 e. The first-order valence-corrected chi connectivity index (χ1v) is 6.13. The van der Waals surface area contributed by atoms with Gasteiger partial charge in [-0.1, -0.05) is 31.4 Å². The van der Waals surface area contributed by atoms with E-state index in [1.54, 1.807) is 0 Å². The van der Waals surface area contributed by atoms with Gasteiger partial charge in [0.1, 0.15) is 5.82 Å². The summed E-state index contributed by atoms with van der Waals surface area (Å²) in [6, 6.07) is 3.80. The smallest absolute Gasteiger partial charge is 0.128 e. The van der Waals surface area contributed by atoms with Crippen molar-refractivity contribution in [1.82, 2.24) is 4.98 Å². The molecule has 0 atom stereocenters. The molecule has 2 N–H and O–H groups in total. The molecule has 0 unspecified atom stereocenters. The maximum Gasteiger partial charge on any atom is 0.128 e. The molecule has 3 nitrogen and oxygen atoms in total. The van der Waals surface area contributed by atoms with Crippen molar-refractivity contribution in [3.05, 3.63) is 22.8 Å². The Morgan fingerprint density at radius 2 is 2.12 bits per heavy atom. The average molecular weight is 242 g/mol. The maximum absolute atomic E-state index is 5.97. The number of halogens is 1. The molecule has 90 valence electrons. The van der Waals surface area contributed by atoms with Gasteiger partial charge in [-0.05, 0) is 18.6 Å². The molecule has 0 bridgehead atoms. The van der Waals surface area contributed by atoms with Crippen LogP contribution in [0.1, 0.15) is 31.9 Å². The summed E-state index contributed by atoms with van der Waals surface area (Å²) in [5, 5.41) is 0.646. The lowest BCUT2D eigenvalue weighted by Crippen LogP contribution is -2.20. The molecule has 0 fully saturated rings. The fourth-order valence-electron chi connectivity index (χ4n) is 1.54. The van der Waals surface area contributed by atoms with Crippen LogP contribution in [-0.2, 0) is 6.54 Å². The van der Waals surface area contributed by atoms with Crippen molar-refractivity contribution in [2.75, 3.05) is 18.5 Å². The molecule has 0 saturated heterocycles. The molecule has 1 heterocycles. The number of anilines is 1. The summed E-state index contributed by atoms with van der Waals surface area (Å²) in [6.45, 7) is 3.61. The Bertz CT molecular complexity index is 328. The Morgan fingerprint density at radius 1 is 1.38 bits per heavy atom. The molecule has 0 aliphatic heterocycles. The van der Waals surface area contributed by atoms with E-state index in [1.165, 1.54) is 19.3 Å². The summed E-state index contributed by atoms with van der Waals surface area (Å²) in [4.78, 5) is 6.58. The highest BCUT2D eigenvalue weighted by atomic mass is 35.5. The zero-order valence-corrected chi connectivity index (χ0v) is 10.8. The second-order valence-electron chi connectivity index (χ2n) is 3.93. The first-order valence-electron chi connectivity index (χ1n) is 5.75. The van der Waals surface area contributed by atoms with Gasteiger partial charge in [0.15, 0.2) is 0 Å². The van der Waals surface area contributed by atoms with Crippen molar-refractivity contribution < 1.29 is 0 Å². The van der Waals surface area contributed by atoms with Gasteiger partial charge in [-0.3, -0.25) is 0 Å². The topological polar surface area (TPSA) is 42.1 Å². The quantitative estimate of drug-likeness (QED) is 0.779. The van der Waals surface area contributed by atoms with E-state index in [2.05, 4.69) is 16.8 Å². The molecule has 4 heteroatoms. The summed E-state index contributed by atoms with van der Waals surface area (Å²) in [5.41, 5.74) is 6.34. The predicted octanol–water partition coefficient (Wildman–Crippen LogP) is 2.82. The summed E-state index contributed by atoms with van der Waals surface area (Å²) in [7, 11) is 2.05. The normalized spacial score (nSPS) is 10.5. The number of aromatic nitrogens is 1. The number of unbranched alkanes of at least 4 members (excludes halogenated alkanes) is 2. The van der Waals surface area contributed by atoms with Gasteiger partial charge >= 0.3 is 0 Å². The van der Waals surface area contributed by atoms with Gasteiger partial charge in [-0.2, -0.15) is 0 Å². The van der Waals surface area contributed by atoms with Crippen molar-refractivity contribution in [1.29, 1.82) is 0 Å². The summed E-state index contributed by atoms with van der Waals surface area (Å²) < 4.78 is 0. The van der Waals surface area contributed by atoms with Crippen LogP contribution in [0.2, 0.25) is 5.02 Å². The van der Waals surface area contributed by atoms with Crippen LogP contribution in [0.4, 0.5) is 5.82 Å². The maximum atomic E-state index is 5.97. The molecule has 0 aliphatic carbocycles. The highest BCUT2D eigenvalue weighted by molar-refractivity contribution is 6.31. The molecule has 1 aromatic heterocycles. The Balaban J connectivity index is 2.64. The van der Waals surface area contributed by atoms with Crippen LogP contribution in [0.25, 0.3) is 0 Å². The van der Waals surface area contributed by atoms with Gasteiger partial charge in [0.25, 0.3) is 0 Å². The van der Waals surface area contributed by atoms with Crippen LogP contribution >= 0.6 is 11.6 Å². The molecular formula is C12H20ClN3. The van der Waals surface area contributed by atoms with Gasteiger partial charge in [0.05, 0.1) is 10.7 Å². The van der Waals surface area contributed by atoms with Crippen LogP contribution in [0, 0.1) is 0 Å². The van der Waals surface area contributed by atoms with E-state index >= 15 is 0 Å². The van der Waals surface area contributed by atoms with E-state index < -0.39 is 0 Å². The van der Waals surface area contributed by atoms with Crippen LogP contribution in [-0.4, -0.2) is 18.6 Å². The fraction of sp³-hybridized carbons (Fsp3) is 0.583. The van der Waals surface area contributed by atoms with E-state index in [9.17, 15) is 0 Å². The minimum absolute atomic E-state index is 0.384. The van der Waals surface area contributed by atoms with Crippen molar-refractivity contribution in [3.8, 4) is 0 Å². The summed E-state index contributed by atoms with van der Waals surface area (Å²) in [6.07, 6.45) is 3.67. The molecule has 0 aliphatic rings. The van der Waals surface area contributed by atoms with E-state index in [0.29, 0.717) is 11.6 Å². The standard InChI is InChI=1S/C12H20ClN3/c1-3-4-5-8-16(2)12-7-6-10(13)11(9-14)15-12/h6-7H,3-5,8-9,14H2,1-2H3. The molecule has 16 heavy (non-hydrogen) atoms. The first-order chi connectivity index (χ1) is 7.69. The minimum atomic E-state index is 0.384. The number of nitrogens with zero attached hydrogens (tertiary/aromatic N) is 2. The monoisotopic (exact) mass is 241 g/mol. The Hall–Kier alpha value is -0.800. The van der Waals surface area contributed by atoms with E-state index in [4.69, 9.17) is 17.3 Å². The molecule has 1 rings (SSSR count). The third kappa shape index (κ3) is 3.65. The lowest BCUT2D eigenvalue weighted by atomic mass is 10.2. The van der Waals surface area contributed by atoms with Crippen molar-refractivity contribution in [3.63, 3.8) is 0 Å². The number of rotatable bonds is 6. The fourth-order valence-corrected chi connectivity index (χ4v) is 1.72. The first kappa shape index (κ1) is 13.3. The Morgan fingerprint density at radius 3 is 2.75 bits per heavy atom. The van der Waals surface area contributed by atoms with Crippen molar-refractivity contribution in [2.24, 2.45) is 5.73 Å². The SMILES string of the molecule is CCCCCN(C)c1ccc(Cl)c(CN)n1. The van der Waals surface area contributed by atoms with Crippen LogP contribution in [0.3, 0.4) is 0 Å². The zero-order chi connectivity index (χ0) is 12.0. The largest absolute Gasteiger partial charge is 0.360 e. The molecule has 0 radical (unpaired) electrons. The van der Waals surface area contributed by atoms with Crippen molar-refractivity contribution >= 4 is 17.4 Å². The van der Waals surface area contributed by atoms with E-state index in [0.717, 1.165) is 18.1 Å². The third-order valence-corrected chi connectivity index (χ3v) is 2.93. The van der Waals surface area contributed by atoms with Gasteiger partial charge in [-0.15, -0.1) is 0 Å². The lowest BCUT2D eigenvalue weighted by Gasteiger charge is -2.18. The number of hydrogen-bond acceptors (Lipinski definition) is 3. The second kappa shape index (κ2) is 6.71. The molecular weight excluding hydrogens is 222 g/mol. The highest BCUT2D eigenvalue weighted by Gasteiger charge is 2.05. The average Bonchev–Trinajstić information content (AvgIpc) is 2.30. The predicted molar refractivity (Wildman–Crippen MR) is 69.9 cm³/mol. The molecule has 0 aromatic carbocycles. The van der Waals surface area contributed by atoms with Crippen LogP contribution < -0.4 is 10.6 Å². The molecule has 0 spiro atoms. The second-order valence-corrected chi connectivity index (χ2v) is 4.34. The number of nitrogens with two attached hydrogens (primary N) is 1. The number of pyridine rings is 1. The van der Waals surface area contributed by atoms with E-state index in [-0.39, 0.29) is 0 Å². The third-order valence-electron chi connectivity index (χ3n) is 2.59. The Kier molecular flexibility index (Phi) is 5.56. The summed E-state index contributed by atoms with van der Waals surface area (Å²) >= 11 is 5.97. The highest BCUT2D eigenvalue weighted by Crippen LogP contribution is 2.18. The Labute approximate surface area is 103 Å². The van der Waals surface area contributed by atoms with Gasteiger partial charge in [0, 0.05) is 20.1 Å². The van der Waals surface area contributed by atoms with E-state index in [1.807, 2.05) is 19.2 Å². The molecule has 0 amide bonds. The van der Waals surface area contributed by atoms with Crippen LogP contribution in [0.15, 0.2) is 12.1 Å². The van der Waals surface area contributed by atoms with Gasteiger partial charge < -0.3 is 10.6 Å². The van der Waals surface area contributed by atoms with Gasteiger partial charge in [-0.25, -0.2) is 4.98 Å². The molecule has 1 aromatic rings.